The van der Waals surface area contributed by atoms with E-state index in [1.165, 1.54) is 0 Å². The van der Waals surface area contributed by atoms with Crippen LogP contribution in [-0.4, -0.2) is 43.6 Å². The normalized spacial score (nSPS) is 17.5. The van der Waals surface area contributed by atoms with E-state index < -0.39 is 0 Å². The SMILES string of the molecule is CCOC(=O)C1CCCN(C(=O)Cc2cc(C)c(C)cc2OC)C1. The van der Waals surface area contributed by atoms with Crippen molar-refractivity contribution < 1.29 is 19.1 Å². The Balaban J connectivity index is 2.07. The molecule has 1 saturated heterocycles. The first-order valence-corrected chi connectivity index (χ1v) is 8.54. The van der Waals surface area contributed by atoms with Crippen LogP contribution in [-0.2, 0) is 20.7 Å². The molecule has 0 aromatic heterocycles. The number of piperidine rings is 1. The first-order valence-electron chi connectivity index (χ1n) is 8.54. The van der Waals surface area contributed by atoms with Crippen molar-refractivity contribution in [2.45, 2.75) is 40.0 Å². The Morgan fingerprint density at radius 3 is 2.62 bits per heavy atom. The first-order chi connectivity index (χ1) is 11.5. The topological polar surface area (TPSA) is 55.8 Å². The highest BCUT2D eigenvalue weighted by molar-refractivity contribution is 5.81. The van der Waals surface area contributed by atoms with Crippen molar-refractivity contribution in [1.82, 2.24) is 4.90 Å². The van der Waals surface area contributed by atoms with E-state index >= 15 is 0 Å². The van der Waals surface area contributed by atoms with Crippen molar-refractivity contribution in [1.29, 1.82) is 0 Å². The largest absolute Gasteiger partial charge is 0.496 e. The molecular weight excluding hydrogens is 306 g/mol. The van der Waals surface area contributed by atoms with E-state index in [1.807, 2.05) is 26.0 Å². The van der Waals surface area contributed by atoms with Gasteiger partial charge in [0.05, 0.1) is 26.1 Å². The highest BCUT2D eigenvalue weighted by Crippen LogP contribution is 2.25. The molecule has 1 aromatic carbocycles. The molecule has 1 heterocycles. The number of ether oxygens (including phenoxy) is 2. The van der Waals surface area contributed by atoms with E-state index in [2.05, 4.69) is 0 Å². The predicted octanol–water partition coefficient (Wildman–Crippen LogP) is 2.66. The van der Waals surface area contributed by atoms with Crippen molar-refractivity contribution in [2.75, 3.05) is 26.8 Å². The van der Waals surface area contributed by atoms with Crippen LogP contribution >= 0.6 is 0 Å². The summed E-state index contributed by atoms with van der Waals surface area (Å²) in [5.41, 5.74) is 3.17. The summed E-state index contributed by atoms with van der Waals surface area (Å²) in [6, 6.07) is 3.98. The fourth-order valence-electron chi connectivity index (χ4n) is 3.11. The zero-order valence-electron chi connectivity index (χ0n) is 15.1. The average Bonchev–Trinajstić information content (AvgIpc) is 2.58. The second-order valence-electron chi connectivity index (χ2n) is 6.36. The Hall–Kier alpha value is -2.04. The second-order valence-corrected chi connectivity index (χ2v) is 6.36. The third-order valence-corrected chi connectivity index (χ3v) is 4.63. The third-order valence-electron chi connectivity index (χ3n) is 4.63. The Labute approximate surface area is 143 Å². The van der Waals surface area contributed by atoms with Crippen molar-refractivity contribution in [3.8, 4) is 5.75 Å². The van der Waals surface area contributed by atoms with E-state index in [1.54, 1.807) is 18.9 Å². The molecule has 1 atom stereocenters. The molecule has 0 spiro atoms. The molecule has 2 rings (SSSR count). The Morgan fingerprint density at radius 2 is 1.96 bits per heavy atom. The van der Waals surface area contributed by atoms with Gasteiger partial charge in [0, 0.05) is 18.7 Å². The van der Waals surface area contributed by atoms with Crippen LogP contribution in [0.1, 0.15) is 36.5 Å². The lowest BCUT2D eigenvalue weighted by molar-refractivity contribution is -0.151. The van der Waals surface area contributed by atoms with E-state index in [-0.39, 0.29) is 17.8 Å². The maximum atomic E-state index is 12.7. The molecular formula is C19H27NO4. The number of aryl methyl sites for hydroxylation is 2. The summed E-state index contributed by atoms with van der Waals surface area (Å²) in [5, 5.41) is 0. The Kier molecular flexibility index (Phi) is 6.23. The number of benzene rings is 1. The predicted molar refractivity (Wildman–Crippen MR) is 92.1 cm³/mol. The summed E-state index contributed by atoms with van der Waals surface area (Å²) in [4.78, 5) is 26.4. The summed E-state index contributed by atoms with van der Waals surface area (Å²) >= 11 is 0. The number of carbonyl (C=O) groups is 2. The molecule has 0 saturated carbocycles. The average molecular weight is 333 g/mol. The van der Waals surface area contributed by atoms with Crippen LogP contribution in [0.2, 0.25) is 0 Å². The fraction of sp³-hybridized carbons (Fsp3) is 0.579. The van der Waals surface area contributed by atoms with Gasteiger partial charge in [0.1, 0.15) is 5.75 Å². The standard InChI is InChI=1S/C19H27NO4/c1-5-24-19(22)15-7-6-8-20(12-15)18(21)11-16-9-13(2)14(3)10-17(16)23-4/h9-10,15H,5-8,11-12H2,1-4H3. The highest BCUT2D eigenvalue weighted by Gasteiger charge is 2.29. The minimum absolute atomic E-state index is 0.0329. The Bertz CT molecular complexity index is 612. The molecule has 1 aromatic rings. The number of nitrogens with zero attached hydrogens (tertiary/aromatic N) is 1. The van der Waals surface area contributed by atoms with Crippen LogP contribution in [0.4, 0.5) is 0 Å². The maximum absolute atomic E-state index is 12.7. The zero-order valence-corrected chi connectivity index (χ0v) is 15.1. The number of hydrogen-bond donors (Lipinski definition) is 0. The van der Waals surface area contributed by atoms with Gasteiger partial charge in [0.2, 0.25) is 5.91 Å². The van der Waals surface area contributed by atoms with Crippen LogP contribution < -0.4 is 4.74 Å². The van der Waals surface area contributed by atoms with Crippen molar-refractivity contribution in [3.05, 3.63) is 28.8 Å². The lowest BCUT2D eigenvalue weighted by atomic mass is 9.97. The van der Waals surface area contributed by atoms with Gasteiger partial charge in [-0.2, -0.15) is 0 Å². The molecule has 0 aliphatic carbocycles. The molecule has 5 heteroatoms. The molecule has 1 aliphatic rings. The van der Waals surface area contributed by atoms with Gasteiger partial charge in [-0.25, -0.2) is 0 Å². The van der Waals surface area contributed by atoms with Crippen molar-refractivity contribution in [3.63, 3.8) is 0 Å². The van der Waals surface area contributed by atoms with Crippen molar-refractivity contribution >= 4 is 11.9 Å². The number of methoxy groups -OCH3 is 1. The van der Waals surface area contributed by atoms with E-state index in [4.69, 9.17) is 9.47 Å². The smallest absolute Gasteiger partial charge is 0.310 e. The summed E-state index contributed by atoms with van der Waals surface area (Å²) < 4.78 is 10.5. The van der Waals surface area contributed by atoms with Crippen LogP contribution in [0.3, 0.4) is 0 Å². The summed E-state index contributed by atoms with van der Waals surface area (Å²) in [5.74, 6) is 0.374. The number of amides is 1. The van der Waals surface area contributed by atoms with Gasteiger partial charge in [-0.3, -0.25) is 9.59 Å². The molecule has 24 heavy (non-hydrogen) atoms. The molecule has 1 unspecified atom stereocenters. The van der Waals surface area contributed by atoms with Gasteiger partial charge >= 0.3 is 5.97 Å². The summed E-state index contributed by atoms with van der Waals surface area (Å²) in [6.07, 6.45) is 1.91. The van der Waals surface area contributed by atoms with Crippen LogP contribution in [0.5, 0.6) is 5.75 Å². The van der Waals surface area contributed by atoms with Crippen LogP contribution in [0.25, 0.3) is 0 Å². The second kappa shape index (κ2) is 8.18. The lowest BCUT2D eigenvalue weighted by Crippen LogP contribution is -2.43. The van der Waals surface area contributed by atoms with Crippen LogP contribution in [0.15, 0.2) is 12.1 Å². The van der Waals surface area contributed by atoms with Gasteiger partial charge in [-0.1, -0.05) is 6.07 Å². The minimum atomic E-state index is -0.204. The molecule has 5 nitrogen and oxygen atoms in total. The van der Waals surface area contributed by atoms with E-state index in [9.17, 15) is 9.59 Å². The molecule has 1 amide bonds. The number of likely N-dealkylation sites (tertiary alicyclic amines) is 1. The van der Waals surface area contributed by atoms with Crippen molar-refractivity contribution in [2.24, 2.45) is 5.92 Å². The number of rotatable bonds is 5. The molecule has 1 aliphatic heterocycles. The Morgan fingerprint density at radius 1 is 1.25 bits per heavy atom. The number of esters is 1. The highest BCUT2D eigenvalue weighted by atomic mass is 16.5. The summed E-state index contributed by atoms with van der Waals surface area (Å²) in [7, 11) is 1.62. The monoisotopic (exact) mass is 333 g/mol. The minimum Gasteiger partial charge on any atom is -0.496 e. The first kappa shape index (κ1) is 18.3. The van der Waals surface area contributed by atoms with Gasteiger partial charge in [0.15, 0.2) is 0 Å². The van der Waals surface area contributed by atoms with Gasteiger partial charge in [-0.15, -0.1) is 0 Å². The molecule has 0 radical (unpaired) electrons. The quantitative estimate of drug-likeness (QED) is 0.778. The van der Waals surface area contributed by atoms with Gasteiger partial charge in [-0.05, 0) is 50.8 Å². The third kappa shape index (κ3) is 4.28. The lowest BCUT2D eigenvalue weighted by Gasteiger charge is -2.31. The van der Waals surface area contributed by atoms with Gasteiger partial charge < -0.3 is 14.4 Å². The zero-order chi connectivity index (χ0) is 17.7. The van der Waals surface area contributed by atoms with E-state index in [0.717, 1.165) is 35.3 Å². The van der Waals surface area contributed by atoms with Gasteiger partial charge in [0.25, 0.3) is 0 Å². The van der Waals surface area contributed by atoms with E-state index in [0.29, 0.717) is 26.1 Å². The molecule has 0 N–H and O–H groups in total. The summed E-state index contributed by atoms with van der Waals surface area (Å²) in [6.45, 7) is 7.38. The molecule has 132 valence electrons. The molecule has 1 fully saturated rings. The number of hydrogen-bond acceptors (Lipinski definition) is 4. The maximum Gasteiger partial charge on any atom is 0.310 e. The molecule has 0 bridgehead atoms. The fourth-order valence-corrected chi connectivity index (χ4v) is 3.11. The number of carbonyl (C=O) groups excluding carboxylic acids is 2. The van der Waals surface area contributed by atoms with Crippen LogP contribution in [0, 0.1) is 19.8 Å².